The average Bonchev–Trinajstić information content (AvgIpc) is 2.65. The molecule has 0 spiro atoms. The molecule has 1 aromatic rings. The van der Waals surface area contributed by atoms with E-state index in [2.05, 4.69) is 51.5 Å². The van der Waals surface area contributed by atoms with Gasteiger partial charge in [-0.1, -0.05) is 6.92 Å². The summed E-state index contributed by atoms with van der Waals surface area (Å²) < 4.78 is 1.19. The van der Waals surface area contributed by atoms with Crippen molar-refractivity contribution in [2.45, 2.75) is 32.7 Å². The van der Waals surface area contributed by atoms with Crippen LogP contribution in [0.4, 0.5) is 0 Å². The molecule has 1 rings (SSSR count). The van der Waals surface area contributed by atoms with Crippen molar-refractivity contribution in [1.82, 2.24) is 5.32 Å². The second kappa shape index (κ2) is 7.05. The SMILES string of the molecule is CC#CCC(NCCC)c1csc(Br)c1. The van der Waals surface area contributed by atoms with Gasteiger partial charge in [0.15, 0.2) is 0 Å². The largest absolute Gasteiger partial charge is 0.309 e. The molecule has 1 unspecified atom stereocenters. The van der Waals surface area contributed by atoms with E-state index in [0.717, 1.165) is 19.4 Å². The Balaban J connectivity index is 2.65. The summed E-state index contributed by atoms with van der Waals surface area (Å²) in [5, 5.41) is 5.71. The van der Waals surface area contributed by atoms with Gasteiger partial charge in [-0.25, -0.2) is 0 Å². The molecule has 0 amide bonds. The van der Waals surface area contributed by atoms with Crippen molar-refractivity contribution in [1.29, 1.82) is 0 Å². The van der Waals surface area contributed by atoms with Gasteiger partial charge in [0, 0.05) is 12.5 Å². The third-order valence-electron chi connectivity index (χ3n) is 2.11. The lowest BCUT2D eigenvalue weighted by Gasteiger charge is -2.14. The Labute approximate surface area is 104 Å². The maximum atomic E-state index is 3.52. The third kappa shape index (κ3) is 4.38. The van der Waals surface area contributed by atoms with Gasteiger partial charge >= 0.3 is 0 Å². The first-order valence-corrected chi connectivity index (χ1v) is 6.82. The van der Waals surface area contributed by atoms with E-state index >= 15 is 0 Å². The highest BCUT2D eigenvalue weighted by atomic mass is 79.9. The molecule has 15 heavy (non-hydrogen) atoms. The van der Waals surface area contributed by atoms with E-state index in [1.165, 1.54) is 9.35 Å². The third-order valence-corrected chi connectivity index (χ3v) is 3.64. The summed E-state index contributed by atoms with van der Waals surface area (Å²) in [5.41, 5.74) is 1.34. The van der Waals surface area contributed by atoms with E-state index in [1.54, 1.807) is 11.3 Å². The second-order valence-corrected chi connectivity index (χ2v) is 5.61. The minimum absolute atomic E-state index is 0.375. The van der Waals surface area contributed by atoms with Crippen LogP contribution in [0.15, 0.2) is 15.2 Å². The molecule has 0 aliphatic rings. The molecular formula is C12H16BrNS. The standard InChI is InChI=1S/C12H16BrNS/c1-3-5-6-11(14-7-4-2)10-8-12(13)15-9-10/h8-9,11,14H,4,6-7H2,1-2H3. The van der Waals surface area contributed by atoms with Crippen LogP contribution in [0.1, 0.15) is 38.3 Å². The first kappa shape index (κ1) is 12.8. The summed E-state index contributed by atoms with van der Waals surface area (Å²) in [7, 11) is 0. The summed E-state index contributed by atoms with van der Waals surface area (Å²) in [6, 6.07) is 2.55. The summed E-state index contributed by atoms with van der Waals surface area (Å²) in [6.45, 7) is 5.11. The van der Waals surface area contributed by atoms with Gasteiger partial charge in [-0.05, 0) is 52.8 Å². The Morgan fingerprint density at radius 3 is 2.93 bits per heavy atom. The Bertz CT molecular complexity index is 348. The normalized spacial score (nSPS) is 11.9. The first-order valence-electron chi connectivity index (χ1n) is 5.14. The molecular weight excluding hydrogens is 270 g/mol. The average molecular weight is 286 g/mol. The van der Waals surface area contributed by atoms with Gasteiger partial charge in [0.1, 0.15) is 0 Å². The zero-order valence-electron chi connectivity index (χ0n) is 9.14. The molecule has 1 aromatic heterocycles. The monoisotopic (exact) mass is 285 g/mol. The van der Waals surface area contributed by atoms with E-state index in [0.29, 0.717) is 6.04 Å². The van der Waals surface area contributed by atoms with Crippen molar-refractivity contribution >= 4 is 27.3 Å². The molecule has 1 N–H and O–H groups in total. The number of hydrogen-bond acceptors (Lipinski definition) is 2. The number of thiophene rings is 1. The van der Waals surface area contributed by atoms with Crippen LogP contribution in [-0.4, -0.2) is 6.54 Å². The molecule has 0 saturated carbocycles. The fourth-order valence-corrected chi connectivity index (χ4v) is 2.57. The van der Waals surface area contributed by atoms with Crippen molar-refractivity contribution in [3.05, 3.63) is 20.8 Å². The van der Waals surface area contributed by atoms with Crippen LogP contribution < -0.4 is 5.32 Å². The Morgan fingerprint density at radius 2 is 2.40 bits per heavy atom. The fourth-order valence-electron chi connectivity index (χ4n) is 1.34. The van der Waals surface area contributed by atoms with Crippen molar-refractivity contribution in [3.8, 4) is 11.8 Å². The predicted molar refractivity (Wildman–Crippen MR) is 71.1 cm³/mol. The summed E-state index contributed by atoms with van der Waals surface area (Å²) in [4.78, 5) is 0. The second-order valence-electron chi connectivity index (χ2n) is 3.32. The van der Waals surface area contributed by atoms with Crippen molar-refractivity contribution < 1.29 is 0 Å². The molecule has 0 fully saturated rings. The van der Waals surface area contributed by atoms with E-state index in [-0.39, 0.29) is 0 Å². The van der Waals surface area contributed by atoms with Gasteiger partial charge in [-0.3, -0.25) is 0 Å². The highest BCUT2D eigenvalue weighted by Crippen LogP contribution is 2.26. The van der Waals surface area contributed by atoms with Crippen molar-refractivity contribution in [3.63, 3.8) is 0 Å². The fraction of sp³-hybridized carbons (Fsp3) is 0.500. The lowest BCUT2D eigenvalue weighted by atomic mass is 10.1. The molecule has 82 valence electrons. The van der Waals surface area contributed by atoms with Crippen molar-refractivity contribution in [2.24, 2.45) is 0 Å². The molecule has 0 aliphatic heterocycles. The zero-order chi connectivity index (χ0) is 11.1. The van der Waals surface area contributed by atoms with Gasteiger partial charge < -0.3 is 5.32 Å². The maximum Gasteiger partial charge on any atom is 0.0701 e. The number of halogens is 1. The smallest absolute Gasteiger partial charge is 0.0701 e. The van der Waals surface area contributed by atoms with Crippen LogP contribution in [0.5, 0.6) is 0 Å². The maximum absolute atomic E-state index is 3.52. The van der Waals surface area contributed by atoms with Crippen molar-refractivity contribution in [2.75, 3.05) is 6.54 Å². The molecule has 0 saturated heterocycles. The zero-order valence-corrected chi connectivity index (χ0v) is 11.5. The van der Waals surface area contributed by atoms with Gasteiger partial charge in [-0.2, -0.15) is 0 Å². The summed E-state index contributed by atoms with van der Waals surface area (Å²) in [5.74, 6) is 6.09. The van der Waals surface area contributed by atoms with Gasteiger partial charge in [0.05, 0.1) is 3.79 Å². The summed E-state index contributed by atoms with van der Waals surface area (Å²) in [6.07, 6.45) is 2.04. The molecule has 0 radical (unpaired) electrons. The Morgan fingerprint density at radius 1 is 1.60 bits per heavy atom. The van der Waals surface area contributed by atoms with Crippen LogP contribution in [0.3, 0.4) is 0 Å². The quantitative estimate of drug-likeness (QED) is 0.808. The minimum atomic E-state index is 0.375. The van der Waals surface area contributed by atoms with E-state index in [1.807, 2.05) is 6.92 Å². The van der Waals surface area contributed by atoms with Crippen LogP contribution in [0, 0.1) is 11.8 Å². The molecule has 1 atom stereocenters. The molecule has 3 heteroatoms. The highest BCUT2D eigenvalue weighted by molar-refractivity contribution is 9.11. The van der Waals surface area contributed by atoms with E-state index in [4.69, 9.17) is 0 Å². The topological polar surface area (TPSA) is 12.0 Å². The number of nitrogens with one attached hydrogen (secondary N) is 1. The number of rotatable bonds is 5. The lowest BCUT2D eigenvalue weighted by molar-refractivity contribution is 0.544. The van der Waals surface area contributed by atoms with Gasteiger partial charge in [0.25, 0.3) is 0 Å². The first-order chi connectivity index (χ1) is 7.27. The van der Waals surface area contributed by atoms with Crippen LogP contribution >= 0.6 is 27.3 Å². The predicted octanol–water partition coefficient (Wildman–Crippen LogP) is 3.96. The Hall–Kier alpha value is -0.300. The van der Waals surface area contributed by atoms with E-state index < -0.39 is 0 Å². The van der Waals surface area contributed by atoms with Crippen LogP contribution in [0.2, 0.25) is 0 Å². The molecule has 0 aromatic carbocycles. The van der Waals surface area contributed by atoms with Crippen LogP contribution in [-0.2, 0) is 0 Å². The van der Waals surface area contributed by atoms with Gasteiger partial charge in [0.2, 0.25) is 0 Å². The summed E-state index contributed by atoms with van der Waals surface area (Å²) >= 11 is 5.22. The highest BCUT2D eigenvalue weighted by Gasteiger charge is 2.10. The lowest BCUT2D eigenvalue weighted by Crippen LogP contribution is -2.21. The van der Waals surface area contributed by atoms with Crippen LogP contribution in [0.25, 0.3) is 0 Å². The Kier molecular flexibility index (Phi) is 6.00. The van der Waals surface area contributed by atoms with E-state index in [9.17, 15) is 0 Å². The van der Waals surface area contributed by atoms with Gasteiger partial charge in [-0.15, -0.1) is 23.2 Å². The molecule has 1 heterocycles. The minimum Gasteiger partial charge on any atom is -0.309 e. The molecule has 0 bridgehead atoms. The molecule has 0 aliphatic carbocycles. The molecule has 1 nitrogen and oxygen atoms in total. The number of hydrogen-bond donors (Lipinski definition) is 1.